The van der Waals surface area contributed by atoms with Crippen molar-refractivity contribution in [2.45, 2.75) is 123 Å². The number of H-pyrrole nitrogens is 1. The maximum Gasteiger partial charge on any atom is 0.311 e. The topological polar surface area (TPSA) is 263 Å². The van der Waals surface area contributed by atoms with Crippen molar-refractivity contribution in [1.29, 1.82) is 0 Å². The van der Waals surface area contributed by atoms with Crippen LogP contribution >= 0.6 is 0 Å². The summed E-state index contributed by atoms with van der Waals surface area (Å²) in [6, 6.07) is 11.2. The van der Waals surface area contributed by atoms with Gasteiger partial charge >= 0.3 is 10.1 Å². The lowest BCUT2D eigenvalue weighted by atomic mass is 10.0. The van der Waals surface area contributed by atoms with Crippen molar-refractivity contribution in [3.63, 3.8) is 0 Å². The molecule has 2 amide bonds. The lowest BCUT2D eigenvalue weighted by Crippen LogP contribution is -2.44. The molecule has 0 radical (unpaired) electrons. The summed E-state index contributed by atoms with van der Waals surface area (Å²) in [5.41, 5.74) is 2.29. The smallest absolute Gasteiger partial charge is 0.311 e. The van der Waals surface area contributed by atoms with Gasteiger partial charge in [-0.3, -0.25) is 9.59 Å². The molecule has 4 rings (SSSR count). The van der Waals surface area contributed by atoms with E-state index in [1.807, 2.05) is 13.8 Å². The van der Waals surface area contributed by atoms with Gasteiger partial charge in [0, 0.05) is 37.8 Å². The zero-order chi connectivity index (χ0) is 44.5. The number of aromatic amines is 1. The standard InChI is InChI=1S/C20H31NO8S.C15H20N4O2.C5H12O.CH4O/c1-12(2)7-8-21-19(24)14-5-6-17(18(9-14)29-30(25,26)13(3)4)28-20-16(23)10-15(22)11-27-20;1-2-3-4-14(20)11-5-7-12(8-6-11)15(21)16-9-13-10-17-19-18-13;1-5(2)3-4-6;1-2/h5-6,9,12-13,15-16,20,22-23H,7-8,10-11H2,1-4H3,(H,21,24);5-8,10,14,20H,2-4,9H2,1H3,(H,16,21)(H,17,18,19);5-6H,3-4H2,1-2H3;2H,1H3/t15-,16?,20+;;;/m1.../s1. The van der Waals surface area contributed by atoms with Crippen molar-refractivity contribution in [1.82, 2.24) is 26.0 Å². The van der Waals surface area contributed by atoms with Gasteiger partial charge in [0.1, 0.15) is 11.8 Å². The number of hydrogen-bond acceptors (Lipinski definition) is 14. The molecule has 1 fully saturated rings. The van der Waals surface area contributed by atoms with Gasteiger partial charge in [0.05, 0.1) is 36.8 Å². The predicted octanol–water partition coefficient (Wildman–Crippen LogP) is 4.02. The number of aliphatic hydroxyl groups is 5. The van der Waals surface area contributed by atoms with Crippen molar-refractivity contribution in [3.8, 4) is 11.5 Å². The first-order chi connectivity index (χ1) is 28.0. The fraction of sp³-hybridized carbons (Fsp3) is 0.610. The van der Waals surface area contributed by atoms with Gasteiger partial charge in [-0.05, 0) is 80.8 Å². The number of nitrogens with zero attached hydrogens (tertiary/aromatic N) is 2. The molecule has 4 atom stereocenters. The average molecular weight is 854 g/mol. The lowest BCUT2D eigenvalue weighted by Gasteiger charge is -2.31. The van der Waals surface area contributed by atoms with Crippen LogP contribution in [0.4, 0.5) is 0 Å². The number of carbonyl (C=O) groups excluding carboxylic acids is 2. The molecule has 0 aliphatic carbocycles. The lowest BCUT2D eigenvalue weighted by molar-refractivity contribution is -0.199. The predicted molar refractivity (Wildman–Crippen MR) is 223 cm³/mol. The number of nitrogens with one attached hydrogen (secondary N) is 3. The Morgan fingerprint density at radius 1 is 0.915 bits per heavy atom. The van der Waals surface area contributed by atoms with Gasteiger partial charge < -0.3 is 49.8 Å². The minimum absolute atomic E-state index is 0.00149. The van der Waals surface area contributed by atoms with Crippen LogP contribution in [0.5, 0.6) is 11.5 Å². The summed E-state index contributed by atoms with van der Waals surface area (Å²) < 4.78 is 40.7. The van der Waals surface area contributed by atoms with Gasteiger partial charge in [0.15, 0.2) is 11.5 Å². The van der Waals surface area contributed by atoms with Crippen LogP contribution in [0.2, 0.25) is 0 Å². The summed E-state index contributed by atoms with van der Waals surface area (Å²) in [7, 11) is -2.96. The van der Waals surface area contributed by atoms with Gasteiger partial charge in [-0.25, -0.2) is 0 Å². The third-order valence-corrected chi connectivity index (χ3v) is 10.1. The van der Waals surface area contributed by atoms with Gasteiger partial charge in [0.25, 0.3) is 11.8 Å². The van der Waals surface area contributed by atoms with Gasteiger partial charge in [-0.1, -0.05) is 59.6 Å². The number of carbonyl (C=O) groups is 2. The van der Waals surface area contributed by atoms with E-state index in [1.165, 1.54) is 32.0 Å². The van der Waals surface area contributed by atoms with E-state index < -0.39 is 40.0 Å². The molecule has 2 heterocycles. The molecule has 1 aliphatic rings. The van der Waals surface area contributed by atoms with Crippen molar-refractivity contribution >= 4 is 21.9 Å². The highest BCUT2D eigenvalue weighted by molar-refractivity contribution is 7.87. The molecule has 2 unspecified atom stereocenters. The van der Waals surface area contributed by atoms with Crippen LogP contribution in [0.25, 0.3) is 0 Å². The Kier molecular flexibility index (Phi) is 25.4. The minimum atomic E-state index is -3.96. The Hall–Kier alpha value is -4.17. The van der Waals surface area contributed by atoms with E-state index in [9.17, 15) is 33.3 Å². The van der Waals surface area contributed by atoms with Crippen LogP contribution in [0, 0.1) is 11.8 Å². The maximum absolute atomic E-state index is 12.4. The zero-order valence-electron chi connectivity index (χ0n) is 35.6. The molecular formula is C41H67N5O12S. The maximum atomic E-state index is 12.4. The Morgan fingerprint density at radius 2 is 1.54 bits per heavy atom. The highest BCUT2D eigenvalue weighted by Gasteiger charge is 2.32. The second-order valence-electron chi connectivity index (χ2n) is 14.8. The molecule has 59 heavy (non-hydrogen) atoms. The largest absolute Gasteiger partial charge is 0.458 e. The molecule has 0 saturated carbocycles. The van der Waals surface area contributed by atoms with Crippen molar-refractivity contribution in [2.75, 3.05) is 26.9 Å². The SMILES string of the molecule is CC(C)CCNC(=O)c1ccc(O[C@@H]2OC[C@H](O)CC2O)c(OS(=O)(=O)C(C)C)c1.CC(C)CCO.CCCCC(O)c1ccc(C(=O)NCc2cn[nH]n2)cc1.CO. The van der Waals surface area contributed by atoms with Gasteiger partial charge in [0.2, 0.25) is 6.29 Å². The Morgan fingerprint density at radius 3 is 2.07 bits per heavy atom. The molecule has 1 aromatic heterocycles. The van der Waals surface area contributed by atoms with Crippen LogP contribution in [-0.4, -0.2) is 112 Å². The molecule has 334 valence electrons. The number of unbranched alkanes of at least 4 members (excludes halogenated alkanes) is 1. The fourth-order valence-corrected chi connectivity index (χ4v) is 5.46. The number of ether oxygens (including phenoxy) is 2. The minimum Gasteiger partial charge on any atom is -0.458 e. The third-order valence-electron chi connectivity index (χ3n) is 8.51. The molecule has 1 saturated heterocycles. The second-order valence-corrected chi connectivity index (χ2v) is 16.9. The highest BCUT2D eigenvalue weighted by atomic mass is 32.2. The summed E-state index contributed by atoms with van der Waals surface area (Å²) in [6.07, 6.45) is 2.65. The molecule has 0 bridgehead atoms. The first kappa shape index (κ1) is 52.8. The summed E-state index contributed by atoms with van der Waals surface area (Å²) in [5, 5.41) is 59.6. The fourth-order valence-electron chi connectivity index (χ4n) is 4.88. The summed E-state index contributed by atoms with van der Waals surface area (Å²) in [6.45, 7) is 14.4. The molecule has 8 N–H and O–H groups in total. The third kappa shape index (κ3) is 20.6. The van der Waals surface area contributed by atoms with Crippen molar-refractivity contribution < 1.29 is 57.2 Å². The molecule has 17 nitrogen and oxygen atoms in total. The summed E-state index contributed by atoms with van der Waals surface area (Å²) in [4.78, 5) is 24.4. The first-order valence-electron chi connectivity index (χ1n) is 19.9. The molecule has 0 spiro atoms. The average Bonchev–Trinajstić information content (AvgIpc) is 3.72. The van der Waals surface area contributed by atoms with Crippen LogP contribution in [0.3, 0.4) is 0 Å². The molecule has 2 aromatic carbocycles. The highest BCUT2D eigenvalue weighted by Crippen LogP contribution is 2.33. The first-order valence-corrected chi connectivity index (χ1v) is 21.4. The number of benzene rings is 2. The number of aromatic nitrogens is 3. The number of hydrogen-bond donors (Lipinski definition) is 8. The van der Waals surface area contributed by atoms with Crippen LogP contribution < -0.4 is 19.6 Å². The van der Waals surface area contributed by atoms with E-state index >= 15 is 0 Å². The van der Waals surface area contributed by atoms with E-state index in [-0.39, 0.29) is 41.9 Å². The van der Waals surface area contributed by atoms with E-state index in [0.29, 0.717) is 42.8 Å². The van der Waals surface area contributed by atoms with Crippen LogP contribution in [0.15, 0.2) is 48.7 Å². The van der Waals surface area contributed by atoms with Gasteiger partial charge in [-0.2, -0.15) is 23.8 Å². The van der Waals surface area contributed by atoms with E-state index in [4.69, 9.17) is 23.9 Å². The summed E-state index contributed by atoms with van der Waals surface area (Å²) >= 11 is 0. The monoisotopic (exact) mass is 853 g/mol. The van der Waals surface area contributed by atoms with Crippen molar-refractivity contribution in [2.24, 2.45) is 11.8 Å². The molecule has 3 aromatic rings. The van der Waals surface area contributed by atoms with Crippen molar-refractivity contribution in [3.05, 3.63) is 71.0 Å². The number of amides is 2. The molecular weight excluding hydrogens is 787 g/mol. The Bertz CT molecular complexity index is 1710. The van der Waals surface area contributed by atoms with E-state index in [1.54, 1.807) is 30.5 Å². The Balaban J connectivity index is 0.000000519. The number of rotatable bonds is 18. The van der Waals surface area contributed by atoms with E-state index in [0.717, 1.165) is 44.8 Å². The summed E-state index contributed by atoms with van der Waals surface area (Å²) in [5.74, 6) is 0.353. The van der Waals surface area contributed by atoms with Crippen LogP contribution in [-0.2, 0) is 21.4 Å². The second kappa shape index (κ2) is 28.3. The molecule has 1 aliphatic heterocycles. The van der Waals surface area contributed by atoms with E-state index in [2.05, 4.69) is 46.8 Å². The van der Waals surface area contributed by atoms with Gasteiger partial charge in [-0.15, -0.1) is 0 Å². The number of aliphatic hydroxyl groups excluding tert-OH is 5. The molecule has 18 heteroatoms. The zero-order valence-corrected chi connectivity index (χ0v) is 36.4. The Labute approximate surface area is 349 Å². The van der Waals surface area contributed by atoms with Crippen LogP contribution in [0.1, 0.15) is 125 Å². The quantitative estimate of drug-likeness (QED) is 0.0841. The normalized spacial score (nSPS) is 16.7.